The minimum absolute atomic E-state index is 0.293. The lowest BCUT2D eigenvalue weighted by Crippen LogP contribution is -2.17. The lowest BCUT2D eigenvalue weighted by atomic mass is 9.83. The Morgan fingerprint density at radius 3 is 1.68 bits per heavy atom. The number of nitrogens with zero attached hydrogens (tertiary/aromatic N) is 4. The van der Waals surface area contributed by atoms with Crippen molar-refractivity contribution in [1.29, 1.82) is 10.5 Å². The maximum atomic E-state index is 10.3. The zero-order valence-electron chi connectivity index (χ0n) is 22.6. The molecule has 0 unspecified atom stereocenters. The molecular formula is C36H26N4. The molecule has 0 fully saturated rings. The van der Waals surface area contributed by atoms with Crippen LogP contribution in [0.25, 0.3) is 55.0 Å². The Bertz CT molecular complexity index is 2210. The molecule has 7 aromatic rings. The van der Waals surface area contributed by atoms with E-state index < -0.39 is 0 Å². The summed E-state index contributed by atoms with van der Waals surface area (Å²) in [5.41, 5.74) is 7.99. The van der Waals surface area contributed by atoms with E-state index in [2.05, 4.69) is 121 Å². The van der Waals surface area contributed by atoms with Gasteiger partial charge in [0.25, 0.3) is 0 Å². The molecule has 0 radical (unpaired) electrons. The van der Waals surface area contributed by atoms with Gasteiger partial charge in [0.1, 0.15) is 6.07 Å². The van der Waals surface area contributed by atoms with E-state index in [-0.39, 0.29) is 5.41 Å². The highest BCUT2D eigenvalue weighted by atomic mass is 15.0. The summed E-state index contributed by atoms with van der Waals surface area (Å²) in [4.78, 5) is 0. The Balaban J connectivity index is 1.70. The van der Waals surface area contributed by atoms with Crippen LogP contribution in [0.2, 0.25) is 0 Å². The van der Waals surface area contributed by atoms with Crippen LogP contribution >= 0.6 is 0 Å². The first-order chi connectivity index (χ1) is 19.4. The third kappa shape index (κ3) is 3.37. The second kappa shape index (κ2) is 8.60. The maximum Gasteiger partial charge on any atom is 0.101 e. The summed E-state index contributed by atoms with van der Waals surface area (Å²) in [7, 11) is 0. The summed E-state index contributed by atoms with van der Waals surface area (Å²) in [6, 6.07) is 40.3. The number of nitriles is 2. The van der Waals surface area contributed by atoms with Gasteiger partial charge in [-0.2, -0.15) is 10.5 Å². The molecule has 190 valence electrons. The molecule has 7 rings (SSSR count). The normalized spacial score (nSPS) is 11.8. The van der Waals surface area contributed by atoms with Crippen LogP contribution in [0, 0.1) is 22.7 Å². The largest absolute Gasteiger partial charge is 0.309 e. The van der Waals surface area contributed by atoms with Crippen molar-refractivity contribution in [2.75, 3.05) is 0 Å². The lowest BCUT2D eigenvalue weighted by molar-refractivity contribution is 0.587. The molecule has 5 aromatic carbocycles. The minimum atomic E-state index is -0.293. The van der Waals surface area contributed by atoms with Crippen LogP contribution in [0.3, 0.4) is 0 Å². The van der Waals surface area contributed by atoms with Crippen LogP contribution in [-0.4, -0.2) is 9.13 Å². The molecule has 0 amide bonds. The standard InChI is InChI=1S/C36H26N4/c1-36(2,3)30-18-23(21-37)17-24(22-38)35(30)40-32-16-10-8-14-27(32)29-19-33-28(20-34(29)40)26-13-7-9-15-31(26)39(33)25-11-5-4-6-12-25/h4-20H,1-3H3. The summed E-state index contributed by atoms with van der Waals surface area (Å²) >= 11 is 0. The average Bonchev–Trinajstić information content (AvgIpc) is 3.47. The van der Waals surface area contributed by atoms with E-state index in [1.54, 1.807) is 6.07 Å². The minimum Gasteiger partial charge on any atom is -0.309 e. The molecule has 2 aromatic heterocycles. The SMILES string of the molecule is CC(C)(C)c1cc(C#N)cc(C#N)c1-n1c2ccccc2c2cc3c(cc21)c1ccccc1n3-c1ccccc1. The van der Waals surface area contributed by atoms with Crippen LogP contribution in [-0.2, 0) is 5.41 Å². The van der Waals surface area contributed by atoms with Gasteiger partial charge in [0.2, 0.25) is 0 Å². The van der Waals surface area contributed by atoms with Crippen LogP contribution in [0.15, 0.2) is 103 Å². The van der Waals surface area contributed by atoms with Crippen molar-refractivity contribution in [2.45, 2.75) is 26.2 Å². The smallest absolute Gasteiger partial charge is 0.101 e. The Kier molecular flexibility index (Phi) is 5.11. The molecule has 0 saturated carbocycles. The number of hydrogen-bond donors (Lipinski definition) is 0. The Hall–Kier alpha value is -5.32. The van der Waals surface area contributed by atoms with Crippen molar-refractivity contribution in [2.24, 2.45) is 0 Å². The van der Waals surface area contributed by atoms with Gasteiger partial charge in [0, 0.05) is 27.2 Å². The second-order valence-electron chi connectivity index (χ2n) is 11.3. The topological polar surface area (TPSA) is 57.4 Å². The molecule has 2 heterocycles. The van der Waals surface area contributed by atoms with Crippen molar-refractivity contribution >= 4 is 43.6 Å². The fourth-order valence-corrected chi connectivity index (χ4v) is 6.12. The van der Waals surface area contributed by atoms with E-state index in [0.29, 0.717) is 11.1 Å². The fourth-order valence-electron chi connectivity index (χ4n) is 6.12. The number of fused-ring (bicyclic) bond motifs is 6. The van der Waals surface area contributed by atoms with Crippen molar-refractivity contribution in [3.05, 3.63) is 120 Å². The first-order valence-electron chi connectivity index (χ1n) is 13.4. The molecule has 0 aliphatic heterocycles. The van der Waals surface area contributed by atoms with E-state index in [1.165, 1.54) is 5.39 Å². The van der Waals surface area contributed by atoms with E-state index >= 15 is 0 Å². The van der Waals surface area contributed by atoms with Gasteiger partial charge in [-0.15, -0.1) is 0 Å². The Morgan fingerprint density at radius 1 is 0.550 bits per heavy atom. The molecule has 0 saturated heterocycles. The molecule has 40 heavy (non-hydrogen) atoms. The maximum absolute atomic E-state index is 10.3. The number of hydrogen-bond acceptors (Lipinski definition) is 2. The van der Waals surface area contributed by atoms with Crippen LogP contribution in [0.4, 0.5) is 0 Å². The Labute approximate surface area is 232 Å². The molecule has 0 N–H and O–H groups in total. The highest BCUT2D eigenvalue weighted by Crippen LogP contribution is 2.42. The highest BCUT2D eigenvalue weighted by Gasteiger charge is 2.26. The lowest BCUT2D eigenvalue weighted by Gasteiger charge is -2.25. The summed E-state index contributed by atoms with van der Waals surface area (Å²) in [5, 5.41) is 24.7. The van der Waals surface area contributed by atoms with Gasteiger partial charge >= 0.3 is 0 Å². The summed E-state index contributed by atoms with van der Waals surface area (Å²) in [6.45, 7) is 6.40. The molecular weight excluding hydrogens is 488 g/mol. The van der Waals surface area contributed by atoms with Gasteiger partial charge in [-0.05, 0) is 59.5 Å². The second-order valence-corrected chi connectivity index (χ2v) is 11.3. The van der Waals surface area contributed by atoms with E-state index in [9.17, 15) is 10.5 Å². The van der Waals surface area contributed by atoms with Crippen molar-refractivity contribution in [3.63, 3.8) is 0 Å². The van der Waals surface area contributed by atoms with Crippen LogP contribution in [0.5, 0.6) is 0 Å². The van der Waals surface area contributed by atoms with Gasteiger partial charge in [0.15, 0.2) is 0 Å². The predicted octanol–water partition coefficient (Wildman–Crippen LogP) is 8.92. The van der Waals surface area contributed by atoms with E-state index in [0.717, 1.165) is 55.2 Å². The molecule has 0 bridgehead atoms. The fraction of sp³-hybridized carbons (Fsp3) is 0.111. The zero-order valence-corrected chi connectivity index (χ0v) is 22.6. The highest BCUT2D eigenvalue weighted by molar-refractivity contribution is 6.19. The molecule has 0 atom stereocenters. The van der Waals surface area contributed by atoms with Gasteiger partial charge in [-0.3, -0.25) is 0 Å². The van der Waals surface area contributed by atoms with Gasteiger partial charge in [-0.25, -0.2) is 0 Å². The summed E-state index contributed by atoms with van der Waals surface area (Å²) in [6.07, 6.45) is 0. The summed E-state index contributed by atoms with van der Waals surface area (Å²) < 4.78 is 4.57. The monoisotopic (exact) mass is 514 g/mol. The average molecular weight is 515 g/mol. The van der Waals surface area contributed by atoms with Crippen molar-refractivity contribution in [1.82, 2.24) is 9.13 Å². The molecule has 4 nitrogen and oxygen atoms in total. The third-order valence-corrected chi connectivity index (χ3v) is 7.87. The number of benzene rings is 5. The molecule has 0 aliphatic carbocycles. The number of para-hydroxylation sites is 3. The first kappa shape index (κ1) is 23.8. The quantitative estimate of drug-likeness (QED) is 0.231. The first-order valence-corrected chi connectivity index (χ1v) is 13.4. The van der Waals surface area contributed by atoms with Crippen molar-refractivity contribution < 1.29 is 0 Å². The molecule has 0 spiro atoms. The van der Waals surface area contributed by atoms with Crippen LogP contribution in [0.1, 0.15) is 37.5 Å². The third-order valence-electron chi connectivity index (χ3n) is 7.87. The predicted molar refractivity (Wildman–Crippen MR) is 163 cm³/mol. The molecule has 0 aliphatic rings. The van der Waals surface area contributed by atoms with E-state index in [1.807, 2.05) is 18.2 Å². The summed E-state index contributed by atoms with van der Waals surface area (Å²) in [5.74, 6) is 0. The van der Waals surface area contributed by atoms with Gasteiger partial charge < -0.3 is 9.13 Å². The van der Waals surface area contributed by atoms with Gasteiger partial charge in [0.05, 0.1) is 45.0 Å². The zero-order chi connectivity index (χ0) is 27.6. The van der Waals surface area contributed by atoms with Crippen LogP contribution < -0.4 is 0 Å². The van der Waals surface area contributed by atoms with Crippen molar-refractivity contribution in [3.8, 4) is 23.5 Å². The van der Waals surface area contributed by atoms with Gasteiger partial charge in [-0.1, -0.05) is 75.4 Å². The molecule has 4 heteroatoms. The Morgan fingerprint density at radius 2 is 1.10 bits per heavy atom. The van der Waals surface area contributed by atoms with E-state index in [4.69, 9.17) is 0 Å². The number of rotatable bonds is 2. The number of aromatic nitrogens is 2.